The highest BCUT2D eigenvalue weighted by atomic mass is 32.2. The third kappa shape index (κ3) is 14.8. The summed E-state index contributed by atoms with van der Waals surface area (Å²) in [5, 5.41) is 45.1. The van der Waals surface area contributed by atoms with Crippen LogP contribution in [-0.2, 0) is 54.9 Å². The third-order valence-electron chi connectivity index (χ3n) is 8.14. The van der Waals surface area contributed by atoms with Gasteiger partial charge in [-0.2, -0.15) is 4.31 Å². The monoisotopic (exact) mass is 945 g/mol. The van der Waals surface area contributed by atoms with Crippen LogP contribution in [0.25, 0.3) is 17.2 Å². The Kier molecular flexibility index (Phi) is 17.0. The lowest BCUT2D eigenvalue weighted by Crippen LogP contribution is -2.46. The fourth-order valence-electron chi connectivity index (χ4n) is 5.11. The second-order valence-electron chi connectivity index (χ2n) is 13.4. The number of phenolic OH excluding ortho intramolecular Hbond substituents is 2. The van der Waals surface area contributed by atoms with Gasteiger partial charge in [0.1, 0.15) is 36.3 Å². The largest absolute Gasteiger partial charge is 0.504 e. The molecule has 338 valence electrons. The molecule has 7 atom stereocenters. The minimum atomic E-state index is -5.60. The van der Waals surface area contributed by atoms with Crippen LogP contribution in [-0.4, -0.2) is 134 Å². The Morgan fingerprint density at radius 3 is 2.43 bits per heavy atom. The van der Waals surface area contributed by atoms with E-state index < -0.39 is 90.5 Å². The van der Waals surface area contributed by atoms with Gasteiger partial charge in [0.2, 0.25) is 11.8 Å². The Hall–Kier alpha value is -4.08. The number of nitrogens with zero attached hydrogens (tertiary/aromatic N) is 4. The molecule has 3 heterocycles. The highest BCUT2D eigenvalue weighted by Gasteiger charge is 2.50. The molecule has 0 spiro atoms. The first-order chi connectivity index (χ1) is 28.4. The summed E-state index contributed by atoms with van der Waals surface area (Å²) in [6.07, 6.45) is -4.67. The van der Waals surface area contributed by atoms with E-state index in [1.165, 1.54) is 38.1 Å². The lowest BCUT2D eigenvalue weighted by molar-refractivity contribution is -0.137. The first-order valence-corrected chi connectivity index (χ1v) is 22.7. The van der Waals surface area contributed by atoms with E-state index in [1.807, 2.05) is 0 Å². The van der Waals surface area contributed by atoms with E-state index in [-0.39, 0.29) is 53.7 Å². The Bertz CT molecular complexity index is 2230. The maximum absolute atomic E-state index is 12.7. The zero-order valence-electron chi connectivity index (χ0n) is 31.8. The van der Waals surface area contributed by atoms with E-state index >= 15 is 0 Å². The number of nitrogens with one attached hydrogen (secondary N) is 2. The maximum Gasteiger partial charge on any atom is 0.481 e. The van der Waals surface area contributed by atoms with Gasteiger partial charge in [0.05, 0.1) is 31.6 Å². The third-order valence-corrected chi connectivity index (χ3v) is 11.9. The van der Waals surface area contributed by atoms with Crippen LogP contribution in [0.2, 0.25) is 0 Å². The predicted octanol–water partition coefficient (Wildman–Crippen LogP) is -0.279. The van der Waals surface area contributed by atoms with Crippen molar-refractivity contribution < 1.29 is 94.9 Å². The van der Waals surface area contributed by atoms with Crippen LogP contribution in [0.1, 0.15) is 32.1 Å². The fourth-order valence-corrected chi connectivity index (χ4v) is 8.38. The summed E-state index contributed by atoms with van der Waals surface area (Å²) in [6.45, 7) is 0.196. The smallest absolute Gasteiger partial charge is 0.481 e. The van der Waals surface area contributed by atoms with Crippen molar-refractivity contribution in [1.29, 1.82) is 0 Å². The number of imidazole rings is 1. The number of amides is 2. The van der Waals surface area contributed by atoms with Crippen molar-refractivity contribution >= 4 is 76.4 Å². The first kappa shape index (κ1) is 49.6. The molecule has 2 unspecified atom stereocenters. The number of phosphoric ester groups is 3. The molecular weight excluding hydrogens is 903 g/mol. The second kappa shape index (κ2) is 20.9. The van der Waals surface area contributed by atoms with Crippen LogP contribution in [0.4, 0.5) is 5.82 Å². The number of carbonyl (C=O) groups is 3. The van der Waals surface area contributed by atoms with Crippen molar-refractivity contribution in [2.45, 2.75) is 50.9 Å². The molecular formula is C30H42N7O20P3S. The molecule has 0 bridgehead atoms. The summed E-state index contributed by atoms with van der Waals surface area (Å²) in [5.74, 6) is -2.84. The second-order valence-corrected chi connectivity index (χ2v) is 18.4. The SMILES string of the molecule is CC(C)(COP(=O)(O)OP(=O)(O)OC[C@H]1O[C@@H](n2cnc3c(N)ncnc32)[C@H](O)[C@@H]1OP(=O)(O)O)[C@@H](O)C(=O)NCCC(=O)NCCSOC(=O)/C=C/c1ccc(O)c(O)c1. The molecule has 1 aromatic carbocycles. The van der Waals surface area contributed by atoms with Gasteiger partial charge in [-0.25, -0.2) is 33.4 Å². The topological polar surface area (TPSA) is 413 Å². The number of ether oxygens (including phenoxy) is 1. The molecule has 4 rings (SSSR count). The number of hydrogen-bond acceptors (Lipinski definition) is 21. The Labute approximate surface area is 348 Å². The van der Waals surface area contributed by atoms with Crippen LogP contribution in [0.15, 0.2) is 36.9 Å². The van der Waals surface area contributed by atoms with Crippen LogP contribution >= 0.6 is 35.5 Å². The molecule has 1 aliphatic rings. The zero-order chi connectivity index (χ0) is 45.3. The van der Waals surface area contributed by atoms with Crippen molar-refractivity contribution in [3.8, 4) is 11.5 Å². The van der Waals surface area contributed by atoms with Crippen LogP contribution in [0, 0.1) is 5.41 Å². The average Bonchev–Trinajstić information content (AvgIpc) is 3.73. The number of hydrogen-bond donors (Lipinski definition) is 11. The number of fused-ring (bicyclic) bond motifs is 1. The number of phosphoric acid groups is 3. The molecule has 0 aliphatic carbocycles. The van der Waals surface area contributed by atoms with Gasteiger partial charge < -0.3 is 65.3 Å². The molecule has 3 aromatic rings. The van der Waals surface area contributed by atoms with Gasteiger partial charge in [0.15, 0.2) is 29.2 Å². The number of carbonyl (C=O) groups excluding carboxylic acids is 3. The Morgan fingerprint density at radius 2 is 1.74 bits per heavy atom. The quantitative estimate of drug-likeness (QED) is 0.0203. The molecule has 1 aliphatic heterocycles. The standard InChI is InChI=1S/C30H42N7O20P3S/c1-30(2,25(43)28(44)33-8-7-20(40)32-9-10-61-56-21(41)6-4-16-3-5-17(38)18(39)11-16)13-53-60(50,51)57-59(48,49)52-12-19-24(55-58(45,46)47)23(42)29(54-19)37-15-36-22-26(31)34-14-35-27(22)37/h3-6,11,14-15,19,23-25,29,38-39,42-43H,7-10,12-13H2,1-2H3,(H,32,40)(H,33,44)(H,48,49)(H,50,51)(H2,31,34,35)(H2,45,46,47)/b6-4+/t19-,23-,24-,25+,29-/m1/s1. The molecule has 31 heteroatoms. The van der Waals surface area contributed by atoms with E-state index in [0.29, 0.717) is 5.56 Å². The van der Waals surface area contributed by atoms with Gasteiger partial charge in [-0.3, -0.25) is 27.7 Å². The molecule has 2 amide bonds. The summed E-state index contributed by atoms with van der Waals surface area (Å²) in [7, 11) is -16.5. The number of anilines is 1. The molecule has 61 heavy (non-hydrogen) atoms. The lowest BCUT2D eigenvalue weighted by atomic mass is 9.87. The normalized spacial score (nSPS) is 20.9. The van der Waals surface area contributed by atoms with Crippen molar-refractivity contribution in [3.63, 3.8) is 0 Å². The number of nitrogens with two attached hydrogens (primary N) is 1. The molecule has 1 saturated heterocycles. The summed E-state index contributed by atoms with van der Waals surface area (Å²) in [6, 6.07) is 3.94. The highest BCUT2D eigenvalue weighted by molar-refractivity contribution is 7.95. The van der Waals surface area contributed by atoms with Gasteiger partial charge in [-0.15, -0.1) is 0 Å². The van der Waals surface area contributed by atoms with Crippen molar-refractivity contribution in [3.05, 3.63) is 42.5 Å². The lowest BCUT2D eigenvalue weighted by Gasteiger charge is -2.30. The highest BCUT2D eigenvalue weighted by Crippen LogP contribution is 2.61. The minimum absolute atomic E-state index is 0.0181. The van der Waals surface area contributed by atoms with Crippen molar-refractivity contribution in [2.24, 2.45) is 5.41 Å². The molecule has 2 aromatic heterocycles. The van der Waals surface area contributed by atoms with Gasteiger partial charge >= 0.3 is 29.4 Å². The number of aliphatic hydroxyl groups excluding tert-OH is 2. The van der Waals surface area contributed by atoms with Crippen LogP contribution in [0.5, 0.6) is 11.5 Å². The zero-order valence-corrected chi connectivity index (χ0v) is 35.3. The summed E-state index contributed by atoms with van der Waals surface area (Å²) < 4.78 is 67.0. The van der Waals surface area contributed by atoms with Gasteiger partial charge in [0.25, 0.3) is 0 Å². The van der Waals surface area contributed by atoms with Crippen LogP contribution < -0.4 is 16.4 Å². The fraction of sp³-hybridized carbons (Fsp3) is 0.467. The molecule has 12 N–H and O–H groups in total. The first-order valence-electron chi connectivity index (χ1n) is 17.3. The van der Waals surface area contributed by atoms with Gasteiger partial charge in [-0.1, -0.05) is 19.9 Å². The Balaban J connectivity index is 1.18. The Morgan fingerprint density at radius 1 is 1.03 bits per heavy atom. The summed E-state index contributed by atoms with van der Waals surface area (Å²) >= 11 is 0.745. The van der Waals surface area contributed by atoms with Gasteiger partial charge in [-0.05, 0) is 23.8 Å². The van der Waals surface area contributed by atoms with E-state index in [1.54, 1.807) is 0 Å². The van der Waals surface area contributed by atoms with Gasteiger partial charge in [0, 0.05) is 36.8 Å². The number of rotatable bonds is 22. The van der Waals surface area contributed by atoms with Crippen LogP contribution in [0.3, 0.4) is 0 Å². The summed E-state index contributed by atoms with van der Waals surface area (Å²) in [5.41, 5.74) is 4.63. The van der Waals surface area contributed by atoms with E-state index in [0.717, 1.165) is 35.3 Å². The number of aromatic nitrogens is 4. The van der Waals surface area contributed by atoms with E-state index in [9.17, 15) is 68.1 Å². The number of nitrogen functional groups attached to an aromatic ring is 1. The van der Waals surface area contributed by atoms with Crippen molar-refractivity contribution in [1.82, 2.24) is 30.2 Å². The average molecular weight is 946 g/mol. The number of aromatic hydroxyl groups is 2. The maximum atomic E-state index is 12.7. The minimum Gasteiger partial charge on any atom is -0.504 e. The molecule has 0 saturated carbocycles. The number of phenols is 2. The van der Waals surface area contributed by atoms with E-state index in [4.69, 9.17) is 23.7 Å². The van der Waals surface area contributed by atoms with Crippen molar-refractivity contribution in [2.75, 3.05) is 37.8 Å². The number of aliphatic hydroxyl groups is 2. The predicted molar refractivity (Wildman–Crippen MR) is 207 cm³/mol. The molecule has 0 radical (unpaired) electrons. The number of benzene rings is 1. The molecule has 27 nitrogen and oxygen atoms in total. The molecule has 1 fully saturated rings. The van der Waals surface area contributed by atoms with E-state index in [2.05, 4.69) is 34.4 Å². The summed E-state index contributed by atoms with van der Waals surface area (Å²) in [4.78, 5) is 87.5.